The van der Waals surface area contributed by atoms with Gasteiger partial charge in [-0.2, -0.15) is 0 Å². The largest absolute Gasteiger partial charge is 0.462 e. The van der Waals surface area contributed by atoms with Gasteiger partial charge in [-0.15, -0.1) is 0 Å². The van der Waals surface area contributed by atoms with Gasteiger partial charge in [0.25, 0.3) is 0 Å². The van der Waals surface area contributed by atoms with Gasteiger partial charge in [0.2, 0.25) is 0 Å². The summed E-state index contributed by atoms with van der Waals surface area (Å²) >= 11 is 0. The maximum Gasteiger partial charge on any atom is 0.306 e. The van der Waals surface area contributed by atoms with Crippen molar-refractivity contribution in [3.8, 4) is 0 Å². The second-order valence-corrected chi connectivity index (χ2v) is 15.6. The molecule has 0 radical (unpaired) electrons. The van der Waals surface area contributed by atoms with Crippen molar-refractivity contribution in [3.63, 3.8) is 0 Å². The van der Waals surface area contributed by atoms with Crippen LogP contribution < -0.4 is 0 Å². The Morgan fingerprint density at radius 1 is 0.362 bits per heavy atom. The molecule has 6 heteroatoms. The molecule has 6 nitrogen and oxygen atoms in total. The second kappa shape index (κ2) is 46.5. The van der Waals surface area contributed by atoms with Gasteiger partial charge in [-0.1, -0.05) is 190 Å². The van der Waals surface area contributed by atoms with E-state index < -0.39 is 6.10 Å². The van der Waals surface area contributed by atoms with Gasteiger partial charge in [0.1, 0.15) is 13.2 Å². The van der Waals surface area contributed by atoms with E-state index in [2.05, 4.69) is 93.7 Å². The third-order valence-electron chi connectivity index (χ3n) is 9.96. The van der Waals surface area contributed by atoms with E-state index in [1.54, 1.807) is 0 Å². The summed E-state index contributed by atoms with van der Waals surface area (Å²) in [5, 5.41) is 0. The fraction of sp³-hybridized carbons (Fsp3) is 0.712. The predicted octanol–water partition coefficient (Wildman–Crippen LogP) is 15.5. The zero-order valence-electron chi connectivity index (χ0n) is 37.8. The second-order valence-electron chi connectivity index (χ2n) is 15.6. The van der Waals surface area contributed by atoms with Crippen LogP contribution in [-0.4, -0.2) is 37.2 Å². The van der Waals surface area contributed by atoms with Crippen molar-refractivity contribution in [2.75, 3.05) is 13.2 Å². The molecule has 0 bridgehead atoms. The normalized spacial score (nSPS) is 12.7. The number of carbonyl (C=O) groups is 3. The molecule has 0 spiro atoms. The molecule has 1 unspecified atom stereocenters. The van der Waals surface area contributed by atoms with Gasteiger partial charge in [0.15, 0.2) is 6.10 Å². The van der Waals surface area contributed by atoms with E-state index in [4.69, 9.17) is 14.2 Å². The van der Waals surface area contributed by atoms with Gasteiger partial charge in [0, 0.05) is 19.3 Å². The molecule has 0 aromatic rings. The van der Waals surface area contributed by atoms with Crippen LogP contribution in [-0.2, 0) is 28.6 Å². The Labute approximate surface area is 357 Å². The third kappa shape index (κ3) is 44.0. The van der Waals surface area contributed by atoms with Gasteiger partial charge < -0.3 is 14.2 Å². The smallest absolute Gasteiger partial charge is 0.306 e. The van der Waals surface area contributed by atoms with E-state index in [9.17, 15) is 14.4 Å². The van der Waals surface area contributed by atoms with Crippen molar-refractivity contribution < 1.29 is 28.6 Å². The van der Waals surface area contributed by atoms with Crippen LogP contribution in [0.4, 0.5) is 0 Å². The number of rotatable bonds is 42. The number of allylic oxidation sites excluding steroid dienone is 12. The average molecular weight is 809 g/mol. The van der Waals surface area contributed by atoms with E-state index in [-0.39, 0.29) is 31.1 Å². The molecular formula is C52H88O6. The van der Waals surface area contributed by atoms with E-state index in [1.807, 2.05) is 0 Å². The molecule has 0 rings (SSSR count). The highest BCUT2D eigenvalue weighted by Gasteiger charge is 2.19. The molecule has 0 heterocycles. The van der Waals surface area contributed by atoms with Crippen LogP contribution >= 0.6 is 0 Å². The number of hydrogen-bond acceptors (Lipinski definition) is 6. The molecule has 0 saturated heterocycles. The molecule has 1 atom stereocenters. The third-order valence-corrected chi connectivity index (χ3v) is 9.96. The molecule has 0 aliphatic rings. The van der Waals surface area contributed by atoms with Gasteiger partial charge in [0.05, 0.1) is 0 Å². The zero-order chi connectivity index (χ0) is 42.3. The fourth-order valence-corrected chi connectivity index (χ4v) is 6.41. The molecule has 332 valence electrons. The molecule has 0 amide bonds. The van der Waals surface area contributed by atoms with Crippen molar-refractivity contribution in [1.82, 2.24) is 0 Å². The number of esters is 3. The first-order valence-corrected chi connectivity index (χ1v) is 23.9. The summed E-state index contributed by atoms with van der Waals surface area (Å²) in [6.45, 7) is 6.35. The number of hydrogen-bond donors (Lipinski definition) is 0. The van der Waals surface area contributed by atoms with Gasteiger partial charge in [-0.05, 0) is 83.5 Å². The van der Waals surface area contributed by atoms with Crippen LogP contribution in [0.5, 0.6) is 0 Å². The summed E-state index contributed by atoms with van der Waals surface area (Å²) in [4.78, 5) is 37.8. The lowest BCUT2D eigenvalue weighted by atomic mass is 10.1. The summed E-state index contributed by atoms with van der Waals surface area (Å²) in [7, 11) is 0. The Morgan fingerprint density at radius 3 is 1.05 bits per heavy atom. The molecule has 0 saturated carbocycles. The van der Waals surface area contributed by atoms with Crippen LogP contribution in [0.15, 0.2) is 72.9 Å². The van der Waals surface area contributed by atoms with Crippen molar-refractivity contribution in [2.24, 2.45) is 0 Å². The molecule has 58 heavy (non-hydrogen) atoms. The van der Waals surface area contributed by atoms with Gasteiger partial charge >= 0.3 is 17.9 Å². The van der Waals surface area contributed by atoms with Crippen LogP contribution in [0.3, 0.4) is 0 Å². The Kier molecular flexibility index (Phi) is 44.0. The van der Waals surface area contributed by atoms with Gasteiger partial charge in [-0.25, -0.2) is 0 Å². The van der Waals surface area contributed by atoms with E-state index in [0.29, 0.717) is 19.3 Å². The average Bonchev–Trinajstić information content (AvgIpc) is 3.22. The molecule has 0 aliphatic heterocycles. The fourth-order valence-electron chi connectivity index (χ4n) is 6.41. The summed E-state index contributed by atoms with van der Waals surface area (Å²) in [6.07, 6.45) is 57.5. The maximum atomic E-state index is 12.7. The highest BCUT2D eigenvalue weighted by atomic mass is 16.6. The molecule has 0 aromatic heterocycles. The van der Waals surface area contributed by atoms with E-state index in [0.717, 1.165) is 122 Å². The first-order chi connectivity index (χ1) is 28.5. The maximum absolute atomic E-state index is 12.7. The topological polar surface area (TPSA) is 78.9 Å². The van der Waals surface area contributed by atoms with Gasteiger partial charge in [-0.3, -0.25) is 14.4 Å². The minimum atomic E-state index is -0.785. The predicted molar refractivity (Wildman–Crippen MR) is 247 cm³/mol. The Balaban J connectivity index is 4.36. The summed E-state index contributed by atoms with van der Waals surface area (Å²) in [6, 6.07) is 0. The van der Waals surface area contributed by atoms with Crippen LogP contribution in [0.1, 0.15) is 220 Å². The SMILES string of the molecule is CC/C=C\C/C=C\C/C=C\CCCCCCCCCC(=O)OCC(COC(=O)CCCCCCCCCC)OC(=O)CCCCCCC/C=C\C/C=C\C/C=C\CC. The quantitative estimate of drug-likeness (QED) is 0.0264. The van der Waals surface area contributed by atoms with Crippen molar-refractivity contribution in [2.45, 2.75) is 226 Å². The summed E-state index contributed by atoms with van der Waals surface area (Å²) in [5.74, 6) is -0.919. The van der Waals surface area contributed by atoms with Crippen molar-refractivity contribution in [3.05, 3.63) is 72.9 Å². The molecular weight excluding hydrogens is 721 g/mol. The Bertz CT molecular complexity index is 1110. The number of ether oxygens (including phenoxy) is 3. The first-order valence-electron chi connectivity index (χ1n) is 23.9. The van der Waals surface area contributed by atoms with Crippen molar-refractivity contribution >= 4 is 17.9 Å². The summed E-state index contributed by atoms with van der Waals surface area (Å²) < 4.78 is 16.7. The monoisotopic (exact) mass is 809 g/mol. The lowest BCUT2D eigenvalue weighted by molar-refractivity contribution is -0.167. The standard InChI is InChI=1S/C52H88O6/c1-4-7-10-13-16-19-21-23-25-26-28-29-31-33-36-39-42-45-51(54)57-48-49(47-56-50(53)44-41-38-35-18-15-12-9-6-3)58-52(55)46-43-40-37-34-32-30-27-24-22-20-17-14-11-8-5-2/h7-8,10-11,16-17,19-20,23-25,27,49H,4-6,9,12-15,18,21-22,26,28-48H2,1-3H3/b10-7-,11-8-,19-16-,20-17-,25-23-,27-24-. The summed E-state index contributed by atoms with van der Waals surface area (Å²) in [5.41, 5.74) is 0. The molecule has 0 aliphatic carbocycles. The lowest BCUT2D eigenvalue weighted by Gasteiger charge is -2.18. The highest BCUT2D eigenvalue weighted by molar-refractivity contribution is 5.71. The molecule has 0 fully saturated rings. The van der Waals surface area contributed by atoms with Crippen LogP contribution in [0, 0.1) is 0 Å². The molecule has 0 N–H and O–H groups in total. The van der Waals surface area contributed by atoms with E-state index in [1.165, 1.54) is 57.8 Å². The van der Waals surface area contributed by atoms with Crippen LogP contribution in [0.2, 0.25) is 0 Å². The van der Waals surface area contributed by atoms with Crippen LogP contribution in [0.25, 0.3) is 0 Å². The zero-order valence-corrected chi connectivity index (χ0v) is 37.8. The number of unbranched alkanes of at least 4 members (excludes halogenated alkanes) is 19. The lowest BCUT2D eigenvalue weighted by Crippen LogP contribution is -2.30. The first kappa shape index (κ1) is 54.9. The minimum Gasteiger partial charge on any atom is -0.462 e. The Morgan fingerprint density at radius 2 is 0.672 bits per heavy atom. The number of carbonyl (C=O) groups excluding carboxylic acids is 3. The Hall–Kier alpha value is -3.15. The molecule has 0 aromatic carbocycles. The van der Waals surface area contributed by atoms with E-state index >= 15 is 0 Å². The highest BCUT2D eigenvalue weighted by Crippen LogP contribution is 2.14. The minimum absolute atomic E-state index is 0.0855. The van der Waals surface area contributed by atoms with Crippen molar-refractivity contribution in [1.29, 1.82) is 0 Å².